The molecule has 6 nitrogen and oxygen atoms in total. The largest absolute Gasteiger partial charge is 0.494 e. The average Bonchev–Trinajstić information content (AvgIpc) is 2.78. The lowest BCUT2D eigenvalue weighted by molar-refractivity contribution is 0.101. The smallest absolute Gasteiger partial charge is 0.326 e. The molecule has 2 amide bonds. The van der Waals surface area contributed by atoms with Gasteiger partial charge in [0.05, 0.1) is 6.61 Å². The van der Waals surface area contributed by atoms with E-state index in [2.05, 4.69) is 29.9 Å². The maximum atomic E-state index is 12.9. The third-order valence-electron chi connectivity index (χ3n) is 5.60. The summed E-state index contributed by atoms with van der Waals surface area (Å²) in [6, 6.07) is 12.8. The predicted molar refractivity (Wildman–Crippen MR) is 130 cm³/mol. The van der Waals surface area contributed by atoms with Crippen LogP contribution in [0.5, 0.6) is 5.75 Å². The molecule has 1 aliphatic rings. The third-order valence-corrected chi connectivity index (χ3v) is 5.60. The van der Waals surface area contributed by atoms with Crippen molar-refractivity contribution in [1.29, 1.82) is 0 Å². The van der Waals surface area contributed by atoms with Crippen LogP contribution in [0.2, 0.25) is 0 Å². The maximum Gasteiger partial charge on any atom is 0.326 e. The fourth-order valence-corrected chi connectivity index (χ4v) is 3.84. The van der Waals surface area contributed by atoms with Crippen LogP contribution in [0.15, 0.2) is 55.1 Å². The fraction of sp³-hybridized carbons (Fsp3) is 0.385. The zero-order chi connectivity index (χ0) is 22.9. The second kappa shape index (κ2) is 11.5. The number of urea groups is 1. The first-order valence-corrected chi connectivity index (χ1v) is 11.2. The van der Waals surface area contributed by atoms with Crippen molar-refractivity contribution in [3.8, 4) is 5.75 Å². The molecule has 0 atom stereocenters. The molecule has 1 heterocycles. The molecule has 32 heavy (non-hydrogen) atoms. The van der Waals surface area contributed by atoms with Gasteiger partial charge < -0.3 is 15.0 Å². The van der Waals surface area contributed by atoms with Gasteiger partial charge in [-0.3, -0.25) is 9.69 Å². The van der Waals surface area contributed by atoms with Crippen molar-refractivity contribution in [2.45, 2.75) is 32.6 Å². The van der Waals surface area contributed by atoms with Gasteiger partial charge in [0.2, 0.25) is 0 Å². The molecule has 0 fully saturated rings. The van der Waals surface area contributed by atoms with Crippen molar-refractivity contribution in [3.63, 3.8) is 0 Å². The van der Waals surface area contributed by atoms with Crippen molar-refractivity contribution in [2.75, 3.05) is 43.5 Å². The number of ether oxygens (including phenoxy) is 1. The number of hydrogen-bond acceptors (Lipinski definition) is 4. The van der Waals surface area contributed by atoms with Crippen LogP contribution in [-0.4, -0.2) is 50.0 Å². The molecule has 1 aliphatic heterocycles. The van der Waals surface area contributed by atoms with E-state index in [1.165, 1.54) is 6.92 Å². The molecule has 0 saturated carbocycles. The number of aryl methyl sites for hydroxylation is 1. The summed E-state index contributed by atoms with van der Waals surface area (Å²) in [5.41, 5.74) is 3.35. The monoisotopic (exact) mass is 435 g/mol. The van der Waals surface area contributed by atoms with Crippen LogP contribution in [0.3, 0.4) is 0 Å². The van der Waals surface area contributed by atoms with Crippen molar-refractivity contribution in [2.24, 2.45) is 0 Å². The summed E-state index contributed by atoms with van der Waals surface area (Å²) in [6.07, 6.45) is 5.82. The lowest BCUT2D eigenvalue weighted by Gasteiger charge is -2.30. The minimum absolute atomic E-state index is 0.00545. The molecule has 170 valence electrons. The van der Waals surface area contributed by atoms with Gasteiger partial charge in [-0.1, -0.05) is 6.08 Å². The third kappa shape index (κ3) is 6.44. The predicted octanol–water partition coefficient (Wildman–Crippen LogP) is 5.15. The zero-order valence-electron chi connectivity index (χ0n) is 19.1. The molecule has 0 radical (unpaired) electrons. The number of likely N-dealkylation sites (N-methyl/N-ethyl adjacent to an activating group) is 1. The lowest BCUT2D eigenvalue weighted by Crippen LogP contribution is -2.38. The Morgan fingerprint density at radius 3 is 2.69 bits per heavy atom. The van der Waals surface area contributed by atoms with E-state index in [0.29, 0.717) is 24.4 Å². The van der Waals surface area contributed by atoms with Crippen LogP contribution in [0.25, 0.3) is 0 Å². The van der Waals surface area contributed by atoms with Crippen LogP contribution in [0.4, 0.5) is 16.2 Å². The number of ketones is 1. The molecule has 0 aliphatic carbocycles. The van der Waals surface area contributed by atoms with Crippen LogP contribution in [-0.2, 0) is 6.42 Å². The number of carbonyl (C=O) groups is 2. The molecule has 2 aromatic rings. The van der Waals surface area contributed by atoms with Crippen molar-refractivity contribution in [1.82, 2.24) is 4.90 Å². The SMILES string of the molecule is C=CCN(C)CCCCOc1ccc2c(c1)CCCN2C(=O)Nc1ccc(C(C)=O)cc1. The van der Waals surface area contributed by atoms with Gasteiger partial charge in [0.15, 0.2) is 5.78 Å². The summed E-state index contributed by atoms with van der Waals surface area (Å²) in [5.74, 6) is 0.858. The van der Waals surface area contributed by atoms with Crippen LogP contribution >= 0.6 is 0 Å². The fourth-order valence-electron chi connectivity index (χ4n) is 3.84. The number of rotatable bonds is 10. The highest BCUT2D eigenvalue weighted by molar-refractivity contribution is 6.03. The van der Waals surface area contributed by atoms with Crippen LogP contribution < -0.4 is 15.0 Å². The Balaban J connectivity index is 1.55. The number of hydrogen-bond donors (Lipinski definition) is 1. The molecule has 6 heteroatoms. The zero-order valence-corrected chi connectivity index (χ0v) is 19.1. The van der Waals surface area contributed by atoms with E-state index in [-0.39, 0.29) is 11.8 Å². The summed E-state index contributed by atoms with van der Waals surface area (Å²) >= 11 is 0. The normalized spacial score (nSPS) is 12.9. The highest BCUT2D eigenvalue weighted by Crippen LogP contribution is 2.31. The second-order valence-corrected chi connectivity index (χ2v) is 8.22. The molecule has 1 N–H and O–H groups in total. The quantitative estimate of drug-likeness (QED) is 0.318. The first kappa shape index (κ1) is 23.5. The van der Waals surface area contributed by atoms with E-state index in [1.807, 2.05) is 18.2 Å². The Bertz CT molecular complexity index is 940. The molecule has 0 bridgehead atoms. The maximum absolute atomic E-state index is 12.9. The molecule has 2 aromatic carbocycles. The van der Waals surface area contributed by atoms with Crippen LogP contribution in [0, 0.1) is 0 Å². The van der Waals surface area contributed by atoms with Gasteiger partial charge in [0.25, 0.3) is 0 Å². The number of benzene rings is 2. The number of anilines is 2. The molecule has 0 spiro atoms. The van der Waals surface area contributed by atoms with E-state index in [0.717, 1.165) is 55.8 Å². The highest BCUT2D eigenvalue weighted by Gasteiger charge is 2.23. The van der Waals surface area contributed by atoms with E-state index < -0.39 is 0 Å². The molecule has 3 rings (SSSR count). The Morgan fingerprint density at radius 1 is 1.19 bits per heavy atom. The summed E-state index contributed by atoms with van der Waals surface area (Å²) in [7, 11) is 2.09. The Hall–Kier alpha value is -3.12. The summed E-state index contributed by atoms with van der Waals surface area (Å²) in [4.78, 5) is 28.3. The number of amides is 2. The van der Waals surface area contributed by atoms with Gasteiger partial charge in [0, 0.05) is 30.0 Å². The van der Waals surface area contributed by atoms with Gasteiger partial charge in [-0.25, -0.2) is 4.79 Å². The number of nitrogens with one attached hydrogen (secondary N) is 1. The molecular weight excluding hydrogens is 402 g/mol. The minimum atomic E-state index is -0.168. The van der Waals surface area contributed by atoms with Gasteiger partial charge in [-0.2, -0.15) is 0 Å². The topological polar surface area (TPSA) is 61.9 Å². The van der Waals surface area contributed by atoms with E-state index >= 15 is 0 Å². The second-order valence-electron chi connectivity index (χ2n) is 8.22. The number of nitrogens with zero attached hydrogens (tertiary/aromatic N) is 2. The summed E-state index contributed by atoms with van der Waals surface area (Å²) in [6.45, 7) is 8.57. The number of unbranched alkanes of at least 4 members (excludes halogenated alkanes) is 1. The molecular formula is C26H33N3O3. The van der Waals surface area contributed by atoms with Crippen molar-refractivity contribution >= 4 is 23.2 Å². The lowest BCUT2D eigenvalue weighted by atomic mass is 10.0. The van der Waals surface area contributed by atoms with Crippen molar-refractivity contribution in [3.05, 3.63) is 66.2 Å². The number of Topliss-reactive ketones (excluding diaryl/α,β-unsaturated/α-hetero) is 1. The van der Waals surface area contributed by atoms with E-state index in [1.54, 1.807) is 29.2 Å². The standard InChI is InChI=1S/C26H33N3O3/c1-4-15-28(3)16-5-6-18-32-24-13-14-25-22(19-24)8-7-17-29(25)26(31)27-23-11-9-21(10-12-23)20(2)30/h4,9-14,19H,1,5-8,15-18H2,2-3H3,(H,27,31). The number of fused-ring (bicyclic) bond motifs is 1. The Morgan fingerprint density at radius 2 is 1.97 bits per heavy atom. The van der Waals surface area contributed by atoms with Gasteiger partial charge >= 0.3 is 6.03 Å². The molecule has 0 saturated heterocycles. The summed E-state index contributed by atoms with van der Waals surface area (Å²) < 4.78 is 5.95. The van der Waals surface area contributed by atoms with E-state index in [9.17, 15) is 9.59 Å². The van der Waals surface area contributed by atoms with Crippen molar-refractivity contribution < 1.29 is 14.3 Å². The highest BCUT2D eigenvalue weighted by atomic mass is 16.5. The van der Waals surface area contributed by atoms with Gasteiger partial charge in [-0.15, -0.1) is 6.58 Å². The Kier molecular flexibility index (Phi) is 8.45. The average molecular weight is 436 g/mol. The first-order valence-electron chi connectivity index (χ1n) is 11.2. The van der Waals surface area contributed by atoms with Crippen LogP contribution in [0.1, 0.15) is 42.1 Å². The minimum Gasteiger partial charge on any atom is -0.494 e. The summed E-state index contributed by atoms with van der Waals surface area (Å²) in [5, 5.41) is 2.93. The molecule has 0 unspecified atom stereocenters. The van der Waals surface area contributed by atoms with Gasteiger partial charge in [0.1, 0.15) is 5.75 Å². The Labute approximate surface area is 190 Å². The van der Waals surface area contributed by atoms with E-state index in [4.69, 9.17) is 4.74 Å². The van der Waals surface area contributed by atoms with Gasteiger partial charge in [-0.05, 0) is 94.2 Å². The molecule has 0 aromatic heterocycles. The number of carbonyl (C=O) groups excluding carboxylic acids is 2. The first-order chi connectivity index (χ1) is 15.5.